The van der Waals surface area contributed by atoms with Crippen molar-refractivity contribution in [3.05, 3.63) is 0 Å². The molecule has 5 atom stereocenters. The molecule has 0 spiro atoms. The van der Waals surface area contributed by atoms with Gasteiger partial charge in [-0.2, -0.15) is 0 Å². The van der Waals surface area contributed by atoms with Crippen LogP contribution in [0.1, 0.15) is 59.8 Å². The second-order valence-electron chi connectivity index (χ2n) is 8.66. The number of hydrogen-bond acceptors (Lipinski definition) is 6. The molecule has 11 heteroatoms. The first kappa shape index (κ1) is 27.3. The van der Waals surface area contributed by atoms with Gasteiger partial charge in [0.25, 0.3) is 0 Å². The largest absolute Gasteiger partial charge is 0.480 e. The molecule has 0 radical (unpaired) electrons. The van der Waals surface area contributed by atoms with Crippen LogP contribution < -0.4 is 27.0 Å². The van der Waals surface area contributed by atoms with Crippen LogP contribution in [0.15, 0.2) is 0 Å². The molecular formula is C21H37N5O6. The number of carbonyl (C=O) groups is 5. The highest BCUT2D eigenvalue weighted by molar-refractivity contribution is 5.94. The van der Waals surface area contributed by atoms with E-state index in [-0.39, 0.29) is 36.6 Å². The van der Waals surface area contributed by atoms with Gasteiger partial charge in [0.05, 0.1) is 6.04 Å². The zero-order valence-electron chi connectivity index (χ0n) is 19.3. The van der Waals surface area contributed by atoms with Crippen molar-refractivity contribution >= 4 is 29.6 Å². The van der Waals surface area contributed by atoms with Crippen molar-refractivity contribution in [2.45, 2.75) is 84.0 Å². The Hall–Kier alpha value is -2.69. The van der Waals surface area contributed by atoms with Crippen molar-refractivity contribution in [1.82, 2.24) is 21.3 Å². The van der Waals surface area contributed by atoms with Gasteiger partial charge in [0, 0.05) is 6.42 Å². The Morgan fingerprint density at radius 2 is 1.66 bits per heavy atom. The monoisotopic (exact) mass is 455 g/mol. The molecule has 32 heavy (non-hydrogen) atoms. The van der Waals surface area contributed by atoms with E-state index in [9.17, 15) is 29.1 Å². The number of primary amides is 1. The van der Waals surface area contributed by atoms with E-state index in [2.05, 4.69) is 21.3 Å². The first-order chi connectivity index (χ1) is 15.0. The summed E-state index contributed by atoms with van der Waals surface area (Å²) in [6.07, 6.45) is 1.85. The van der Waals surface area contributed by atoms with Gasteiger partial charge in [0.2, 0.25) is 23.6 Å². The highest BCUT2D eigenvalue weighted by Crippen LogP contribution is 2.13. The number of hydrogen-bond donors (Lipinski definition) is 6. The molecule has 0 bridgehead atoms. The molecule has 182 valence electrons. The van der Waals surface area contributed by atoms with Crippen LogP contribution in [0.25, 0.3) is 0 Å². The molecule has 1 heterocycles. The van der Waals surface area contributed by atoms with E-state index in [0.717, 1.165) is 13.0 Å². The second kappa shape index (κ2) is 13.0. The third-order valence-electron chi connectivity index (χ3n) is 5.71. The van der Waals surface area contributed by atoms with Crippen molar-refractivity contribution < 1.29 is 29.1 Å². The number of carboxylic acid groups (broad SMARTS) is 1. The topological polar surface area (TPSA) is 180 Å². The number of nitrogens with two attached hydrogens (primary N) is 1. The molecule has 0 aromatic rings. The minimum atomic E-state index is -1.31. The van der Waals surface area contributed by atoms with Gasteiger partial charge in [-0.3, -0.25) is 19.2 Å². The normalized spacial score (nSPS) is 19.5. The Bertz CT molecular complexity index is 692. The van der Waals surface area contributed by atoms with Crippen molar-refractivity contribution in [3.63, 3.8) is 0 Å². The molecule has 1 aliphatic rings. The fourth-order valence-electron chi connectivity index (χ4n) is 3.45. The van der Waals surface area contributed by atoms with Gasteiger partial charge in [-0.05, 0) is 37.6 Å². The molecule has 1 rings (SSSR count). The molecule has 0 aromatic carbocycles. The van der Waals surface area contributed by atoms with Crippen molar-refractivity contribution in [3.8, 4) is 0 Å². The van der Waals surface area contributed by atoms with Gasteiger partial charge >= 0.3 is 5.97 Å². The molecule has 7 N–H and O–H groups in total. The third kappa shape index (κ3) is 8.45. The fourth-order valence-corrected chi connectivity index (χ4v) is 3.45. The number of amides is 4. The summed E-state index contributed by atoms with van der Waals surface area (Å²) in [6, 6.07) is -3.52. The van der Waals surface area contributed by atoms with Crippen LogP contribution in [-0.2, 0) is 24.0 Å². The Labute approximate surface area is 188 Å². The average molecular weight is 456 g/mol. The molecule has 0 aromatic heterocycles. The lowest BCUT2D eigenvalue weighted by molar-refractivity contribution is -0.143. The van der Waals surface area contributed by atoms with Crippen LogP contribution in [0.5, 0.6) is 0 Å². The van der Waals surface area contributed by atoms with E-state index in [1.54, 1.807) is 13.8 Å². The zero-order valence-corrected chi connectivity index (χ0v) is 19.3. The van der Waals surface area contributed by atoms with Gasteiger partial charge in [0.15, 0.2) is 0 Å². The number of carbonyl (C=O) groups excluding carboxylic acids is 4. The van der Waals surface area contributed by atoms with E-state index in [4.69, 9.17) is 5.73 Å². The van der Waals surface area contributed by atoms with Gasteiger partial charge < -0.3 is 32.1 Å². The Morgan fingerprint density at radius 1 is 1.03 bits per heavy atom. The molecule has 1 fully saturated rings. The Balaban J connectivity index is 2.89. The minimum absolute atomic E-state index is 0.158. The summed E-state index contributed by atoms with van der Waals surface area (Å²) in [7, 11) is 0. The average Bonchev–Trinajstić information content (AvgIpc) is 3.26. The van der Waals surface area contributed by atoms with E-state index >= 15 is 0 Å². The van der Waals surface area contributed by atoms with E-state index < -0.39 is 41.8 Å². The predicted octanol–water partition coefficient (Wildman–Crippen LogP) is -0.755. The van der Waals surface area contributed by atoms with Crippen molar-refractivity contribution in [2.24, 2.45) is 17.6 Å². The molecule has 5 unspecified atom stereocenters. The van der Waals surface area contributed by atoms with E-state index in [1.165, 1.54) is 0 Å². The summed E-state index contributed by atoms with van der Waals surface area (Å²) >= 11 is 0. The number of carboxylic acids is 1. The first-order valence-electron chi connectivity index (χ1n) is 11.1. The SMILES string of the molecule is CCC(C)C(NC(=O)C1CCCN1)C(=O)NC(C(=O)NC(CCC(N)=O)C(=O)O)C(C)C. The lowest BCUT2D eigenvalue weighted by atomic mass is 9.96. The standard InChI is InChI=1S/C21H37N5O6/c1-5-12(4)17(26-18(28)13-7-6-10-23-13)20(30)25-16(11(2)3)19(29)24-14(21(31)32)8-9-15(22)27/h11-14,16-17,23H,5-10H2,1-4H3,(H2,22,27)(H,24,29)(H,25,30)(H,26,28)(H,31,32). The molecule has 11 nitrogen and oxygen atoms in total. The minimum Gasteiger partial charge on any atom is -0.480 e. The van der Waals surface area contributed by atoms with Gasteiger partial charge in [-0.15, -0.1) is 0 Å². The predicted molar refractivity (Wildman–Crippen MR) is 117 cm³/mol. The van der Waals surface area contributed by atoms with Gasteiger partial charge in [0.1, 0.15) is 18.1 Å². The van der Waals surface area contributed by atoms with Gasteiger partial charge in [-0.1, -0.05) is 34.1 Å². The zero-order chi connectivity index (χ0) is 24.4. The van der Waals surface area contributed by atoms with Crippen LogP contribution >= 0.6 is 0 Å². The van der Waals surface area contributed by atoms with E-state index in [1.807, 2.05) is 13.8 Å². The highest BCUT2D eigenvalue weighted by atomic mass is 16.4. The molecule has 0 saturated carbocycles. The maximum Gasteiger partial charge on any atom is 0.326 e. The van der Waals surface area contributed by atoms with Crippen molar-refractivity contribution in [1.29, 1.82) is 0 Å². The maximum atomic E-state index is 13.0. The molecular weight excluding hydrogens is 418 g/mol. The Kier molecular flexibility index (Phi) is 11.1. The summed E-state index contributed by atoms with van der Waals surface area (Å²) in [6.45, 7) is 7.90. The maximum absolute atomic E-state index is 13.0. The smallest absolute Gasteiger partial charge is 0.326 e. The molecule has 1 saturated heterocycles. The number of rotatable bonds is 13. The van der Waals surface area contributed by atoms with Crippen LogP contribution in [-0.4, -0.2) is 65.4 Å². The quantitative estimate of drug-likeness (QED) is 0.211. The number of aliphatic carboxylic acids is 1. The lowest BCUT2D eigenvalue weighted by Crippen LogP contribution is -2.59. The van der Waals surface area contributed by atoms with Crippen LogP contribution in [0.4, 0.5) is 0 Å². The fraction of sp³-hybridized carbons (Fsp3) is 0.762. The summed E-state index contributed by atoms with van der Waals surface area (Å²) in [4.78, 5) is 60.8. The lowest BCUT2D eigenvalue weighted by Gasteiger charge is -2.29. The summed E-state index contributed by atoms with van der Waals surface area (Å²) < 4.78 is 0. The van der Waals surface area contributed by atoms with Crippen molar-refractivity contribution in [2.75, 3.05) is 6.54 Å². The van der Waals surface area contributed by atoms with Crippen LogP contribution in [0.2, 0.25) is 0 Å². The molecule has 1 aliphatic heterocycles. The third-order valence-corrected chi connectivity index (χ3v) is 5.71. The van der Waals surface area contributed by atoms with Crippen LogP contribution in [0.3, 0.4) is 0 Å². The second-order valence-corrected chi connectivity index (χ2v) is 8.66. The van der Waals surface area contributed by atoms with Crippen LogP contribution in [0, 0.1) is 11.8 Å². The summed E-state index contributed by atoms with van der Waals surface area (Å²) in [5.74, 6) is -3.97. The van der Waals surface area contributed by atoms with E-state index in [0.29, 0.717) is 12.8 Å². The first-order valence-corrected chi connectivity index (χ1v) is 11.1. The number of nitrogens with one attached hydrogen (secondary N) is 4. The van der Waals surface area contributed by atoms with Gasteiger partial charge in [-0.25, -0.2) is 4.79 Å². The summed E-state index contributed by atoms with van der Waals surface area (Å²) in [5.41, 5.74) is 5.06. The highest BCUT2D eigenvalue weighted by Gasteiger charge is 2.34. The summed E-state index contributed by atoms with van der Waals surface area (Å²) in [5, 5.41) is 20.2. The molecule has 0 aliphatic carbocycles. The Morgan fingerprint density at radius 3 is 2.12 bits per heavy atom. The molecule has 4 amide bonds.